The monoisotopic (exact) mass is 240 g/mol. The van der Waals surface area contributed by atoms with Crippen LogP contribution in [0.4, 0.5) is 0 Å². The summed E-state index contributed by atoms with van der Waals surface area (Å²) in [5.41, 5.74) is 0.482. The molecule has 0 spiro atoms. The van der Waals surface area contributed by atoms with Gasteiger partial charge in [0, 0.05) is 31.9 Å². The van der Waals surface area contributed by atoms with Gasteiger partial charge >= 0.3 is 5.97 Å². The Morgan fingerprint density at radius 1 is 1.47 bits per heavy atom. The number of ether oxygens (including phenoxy) is 2. The number of nitrogens with zero attached hydrogens (tertiary/aromatic N) is 2. The average molecular weight is 240 g/mol. The summed E-state index contributed by atoms with van der Waals surface area (Å²) in [6.45, 7) is 0.641. The van der Waals surface area contributed by atoms with E-state index in [-0.39, 0.29) is 6.42 Å². The SMILES string of the molecule is COCCCc1ncc(CC(=O)O)c(OC)n1. The van der Waals surface area contributed by atoms with Gasteiger partial charge in [-0.25, -0.2) is 4.98 Å². The maximum atomic E-state index is 10.6. The van der Waals surface area contributed by atoms with E-state index in [0.717, 1.165) is 6.42 Å². The summed E-state index contributed by atoms with van der Waals surface area (Å²) in [6.07, 6.45) is 2.86. The lowest BCUT2D eigenvalue weighted by atomic mass is 10.2. The lowest BCUT2D eigenvalue weighted by Gasteiger charge is -2.07. The molecular weight excluding hydrogens is 224 g/mol. The molecule has 0 bridgehead atoms. The number of carbonyl (C=O) groups is 1. The molecule has 0 aliphatic heterocycles. The van der Waals surface area contributed by atoms with Crippen molar-refractivity contribution >= 4 is 5.97 Å². The van der Waals surface area contributed by atoms with E-state index >= 15 is 0 Å². The van der Waals surface area contributed by atoms with Gasteiger partial charge in [-0.05, 0) is 6.42 Å². The van der Waals surface area contributed by atoms with E-state index in [0.29, 0.717) is 30.3 Å². The van der Waals surface area contributed by atoms with Gasteiger partial charge in [0.25, 0.3) is 0 Å². The zero-order valence-electron chi connectivity index (χ0n) is 9.97. The van der Waals surface area contributed by atoms with Gasteiger partial charge in [-0.2, -0.15) is 4.98 Å². The second-order valence-electron chi connectivity index (χ2n) is 3.49. The molecule has 0 unspecified atom stereocenters. The maximum Gasteiger partial charge on any atom is 0.308 e. The normalized spacial score (nSPS) is 10.2. The Labute approximate surface area is 99.6 Å². The Morgan fingerprint density at radius 2 is 2.24 bits per heavy atom. The first-order valence-corrected chi connectivity index (χ1v) is 5.27. The molecule has 1 aromatic heterocycles. The van der Waals surface area contributed by atoms with E-state index in [2.05, 4.69) is 9.97 Å². The van der Waals surface area contributed by atoms with Crippen LogP contribution in [0.3, 0.4) is 0 Å². The smallest absolute Gasteiger partial charge is 0.308 e. The molecule has 0 aliphatic carbocycles. The molecule has 94 valence electrons. The summed E-state index contributed by atoms with van der Waals surface area (Å²) in [4.78, 5) is 18.9. The van der Waals surface area contributed by atoms with Crippen LogP contribution < -0.4 is 4.74 Å². The predicted molar refractivity (Wildman–Crippen MR) is 60.1 cm³/mol. The fraction of sp³-hybridized carbons (Fsp3) is 0.545. The minimum atomic E-state index is -0.931. The molecule has 0 radical (unpaired) electrons. The molecule has 0 fully saturated rings. The van der Waals surface area contributed by atoms with Crippen molar-refractivity contribution < 1.29 is 19.4 Å². The number of aromatic nitrogens is 2. The number of aryl methyl sites for hydroxylation is 1. The standard InChI is InChI=1S/C11H16N2O4/c1-16-5-3-4-9-12-7-8(6-10(14)15)11(13-9)17-2/h7H,3-6H2,1-2H3,(H,14,15). The van der Waals surface area contributed by atoms with Crippen LogP contribution in [0.5, 0.6) is 5.88 Å². The van der Waals surface area contributed by atoms with E-state index in [4.69, 9.17) is 14.6 Å². The largest absolute Gasteiger partial charge is 0.481 e. The third kappa shape index (κ3) is 4.36. The van der Waals surface area contributed by atoms with Crippen LogP contribution in [-0.4, -0.2) is 41.9 Å². The lowest BCUT2D eigenvalue weighted by Crippen LogP contribution is -2.07. The third-order valence-electron chi connectivity index (χ3n) is 2.16. The van der Waals surface area contributed by atoms with E-state index in [9.17, 15) is 4.79 Å². The van der Waals surface area contributed by atoms with Gasteiger partial charge in [-0.1, -0.05) is 0 Å². The van der Waals surface area contributed by atoms with Crippen LogP contribution >= 0.6 is 0 Å². The first-order chi connectivity index (χ1) is 8.17. The molecule has 6 heteroatoms. The first kappa shape index (κ1) is 13.4. The summed E-state index contributed by atoms with van der Waals surface area (Å²) in [5.74, 6) is 0.0295. The van der Waals surface area contributed by atoms with Crippen molar-refractivity contribution in [3.63, 3.8) is 0 Å². The minimum Gasteiger partial charge on any atom is -0.481 e. The predicted octanol–water partition coefficient (Wildman–Crippen LogP) is 0.691. The Kier molecular flexibility index (Phi) is 5.35. The van der Waals surface area contributed by atoms with Gasteiger partial charge in [-0.3, -0.25) is 4.79 Å². The average Bonchev–Trinajstić information content (AvgIpc) is 2.30. The van der Waals surface area contributed by atoms with Crippen LogP contribution in [0.1, 0.15) is 17.8 Å². The summed E-state index contributed by atoms with van der Waals surface area (Å²) in [5, 5.41) is 8.70. The number of rotatable bonds is 7. The summed E-state index contributed by atoms with van der Waals surface area (Å²) in [7, 11) is 3.10. The van der Waals surface area contributed by atoms with Gasteiger partial charge in [0.2, 0.25) is 5.88 Å². The van der Waals surface area contributed by atoms with E-state index in [1.807, 2.05) is 0 Å². The Bertz CT molecular complexity index is 382. The van der Waals surface area contributed by atoms with Crippen LogP contribution in [0.25, 0.3) is 0 Å². The van der Waals surface area contributed by atoms with Crippen molar-refractivity contribution in [2.75, 3.05) is 20.8 Å². The van der Waals surface area contributed by atoms with Crippen molar-refractivity contribution in [3.8, 4) is 5.88 Å². The highest BCUT2D eigenvalue weighted by molar-refractivity contribution is 5.70. The number of hydrogen-bond acceptors (Lipinski definition) is 5. The molecule has 0 saturated carbocycles. The summed E-state index contributed by atoms with van der Waals surface area (Å²) < 4.78 is 9.98. The van der Waals surface area contributed by atoms with Gasteiger partial charge in [0.1, 0.15) is 5.82 Å². The molecule has 1 rings (SSSR count). The van der Waals surface area contributed by atoms with Crippen molar-refractivity contribution in [2.45, 2.75) is 19.3 Å². The minimum absolute atomic E-state index is 0.137. The third-order valence-corrected chi connectivity index (χ3v) is 2.16. The molecule has 17 heavy (non-hydrogen) atoms. The molecule has 1 heterocycles. The Morgan fingerprint density at radius 3 is 2.82 bits per heavy atom. The van der Waals surface area contributed by atoms with Crippen molar-refractivity contribution in [3.05, 3.63) is 17.6 Å². The first-order valence-electron chi connectivity index (χ1n) is 5.27. The number of hydrogen-bond donors (Lipinski definition) is 1. The van der Waals surface area contributed by atoms with E-state index in [1.54, 1.807) is 7.11 Å². The zero-order chi connectivity index (χ0) is 12.7. The van der Waals surface area contributed by atoms with E-state index < -0.39 is 5.97 Å². The van der Waals surface area contributed by atoms with Crippen LogP contribution in [0.15, 0.2) is 6.20 Å². The number of aliphatic carboxylic acids is 1. The topological polar surface area (TPSA) is 81.5 Å². The van der Waals surface area contributed by atoms with Crippen molar-refractivity contribution in [2.24, 2.45) is 0 Å². The Balaban J connectivity index is 2.73. The van der Waals surface area contributed by atoms with Crippen LogP contribution in [0, 0.1) is 0 Å². The van der Waals surface area contributed by atoms with Gasteiger partial charge in [-0.15, -0.1) is 0 Å². The van der Waals surface area contributed by atoms with Crippen molar-refractivity contribution in [1.82, 2.24) is 9.97 Å². The molecule has 0 aromatic carbocycles. The highest BCUT2D eigenvalue weighted by Gasteiger charge is 2.10. The van der Waals surface area contributed by atoms with Crippen LogP contribution in [0.2, 0.25) is 0 Å². The lowest BCUT2D eigenvalue weighted by molar-refractivity contribution is -0.136. The fourth-order valence-corrected chi connectivity index (χ4v) is 1.38. The second kappa shape index (κ2) is 6.80. The Hall–Kier alpha value is -1.69. The number of methoxy groups -OCH3 is 2. The quantitative estimate of drug-likeness (QED) is 0.706. The molecule has 0 atom stereocenters. The fourth-order valence-electron chi connectivity index (χ4n) is 1.38. The molecular formula is C11H16N2O4. The maximum absolute atomic E-state index is 10.6. The number of carboxylic acids is 1. The number of carboxylic acid groups (broad SMARTS) is 1. The summed E-state index contributed by atoms with van der Waals surface area (Å²) in [6, 6.07) is 0. The molecule has 1 aromatic rings. The molecule has 1 N–H and O–H groups in total. The molecule has 0 amide bonds. The molecule has 0 aliphatic rings. The zero-order valence-corrected chi connectivity index (χ0v) is 9.97. The van der Waals surface area contributed by atoms with Gasteiger partial charge in [0.05, 0.1) is 13.5 Å². The van der Waals surface area contributed by atoms with Crippen molar-refractivity contribution in [1.29, 1.82) is 0 Å². The van der Waals surface area contributed by atoms with E-state index in [1.165, 1.54) is 13.3 Å². The highest BCUT2D eigenvalue weighted by atomic mass is 16.5. The van der Waals surface area contributed by atoms with Gasteiger partial charge < -0.3 is 14.6 Å². The molecule has 6 nitrogen and oxygen atoms in total. The van der Waals surface area contributed by atoms with Crippen LogP contribution in [-0.2, 0) is 22.4 Å². The highest BCUT2D eigenvalue weighted by Crippen LogP contribution is 2.15. The second-order valence-corrected chi connectivity index (χ2v) is 3.49. The van der Waals surface area contributed by atoms with Gasteiger partial charge in [0.15, 0.2) is 0 Å². The summed E-state index contributed by atoms with van der Waals surface area (Å²) >= 11 is 0. The molecule has 0 saturated heterocycles.